The molecule has 124 valence electrons. The maximum absolute atomic E-state index is 11.9. The number of rotatable bonds is 10. The molecule has 3 nitrogen and oxygen atoms in total. The minimum Gasteiger partial charge on any atom is -0.507 e. The third kappa shape index (κ3) is 6.97. The van der Waals surface area contributed by atoms with Gasteiger partial charge in [-0.15, -0.1) is 0 Å². The first-order chi connectivity index (χ1) is 10.5. The zero-order chi connectivity index (χ0) is 16.4. The van der Waals surface area contributed by atoms with Gasteiger partial charge in [0.1, 0.15) is 5.75 Å². The molecule has 0 unspecified atom stereocenters. The molecule has 0 heterocycles. The number of aryl methyl sites for hydroxylation is 2. The Morgan fingerprint density at radius 3 is 2.00 bits per heavy atom. The average Bonchev–Trinajstić information content (AvgIpc) is 2.47. The lowest BCUT2D eigenvalue weighted by Gasteiger charge is -2.09. The van der Waals surface area contributed by atoms with Crippen molar-refractivity contribution in [1.29, 1.82) is 0 Å². The first-order valence-electron chi connectivity index (χ1n) is 8.64. The van der Waals surface area contributed by atoms with E-state index in [9.17, 15) is 9.90 Å². The van der Waals surface area contributed by atoms with Crippen LogP contribution in [0.2, 0.25) is 0 Å². The molecule has 0 aromatic heterocycles. The van der Waals surface area contributed by atoms with Gasteiger partial charge in [-0.05, 0) is 43.5 Å². The van der Waals surface area contributed by atoms with Crippen molar-refractivity contribution in [2.75, 3.05) is 5.32 Å². The summed E-state index contributed by atoms with van der Waals surface area (Å²) in [5.41, 5.74) is 2.36. The van der Waals surface area contributed by atoms with Crippen molar-refractivity contribution in [3.05, 3.63) is 23.3 Å². The summed E-state index contributed by atoms with van der Waals surface area (Å²) in [5.74, 6) is 0.372. The molecular weight excluding hydrogens is 274 g/mol. The van der Waals surface area contributed by atoms with Crippen LogP contribution in [0.1, 0.15) is 75.8 Å². The topological polar surface area (TPSA) is 49.3 Å². The van der Waals surface area contributed by atoms with Crippen LogP contribution in [0, 0.1) is 13.8 Å². The molecule has 1 aromatic rings. The highest BCUT2D eigenvalue weighted by atomic mass is 16.3. The van der Waals surface area contributed by atoms with Gasteiger partial charge in [0.15, 0.2) is 0 Å². The summed E-state index contributed by atoms with van der Waals surface area (Å²) in [6.45, 7) is 5.92. The van der Waals surface area contributed by atoms with Gasteiger partial charge in [0, 0.05) is 12.1 Å². The van der Waals surface area contributed by atoms with E-state index in [1.165, 1.54) is 38.5 Å². The molecule has 1 aromatic carbocycles. The maximum Gasteiger partial charge on any atom is 0.224 e. The first kappa shape index (κ1) is 18.5. The number of amides is 1. The smallest absolute Gasteiger partial charge is 0.224 e. The van der Waals surface area contributed by atoms with Crippen molar-refractivity contribution < 1.29 is 9.90 Å². The molecule has 0 fully saturated rings. The minimum absolute atomic E-state index is 0.0653. The van der Waals surface area contributed by atoms with Gasteiger partial charge in [-0.3, -0.25) is 4.79 Å². The molecule has 0 aliphatic carbocycles. The highest BCUT2D eigenvalue weighted by Gasteiger charge is 2.06. The summed E-state index contributed by atoms with van der Waals surface area (Å²) >= 11 is 0. The first-order valence-corrected chi connectivity index (χ1v) is 8.64. The van der Waals surface area contributed by atoms with Gasteiger partial charge < -0.3 is 10.4 Å². The molecule has 0 radical (unpaired) electrons. The van der Waals surface area contributed by atoms with E-state index in [-0.39, 0.29) is 5.91 Å². The Bertz CT molecular complexity index is 445. The number of unbranched alkanes of at least 4 members (excludes halogenated alkanes) is 7. The Morgan fingerprint density at radius 2 is 1.45 bits per heavy atom. The van der Waals surface area contributed by atoms with Crippen molar-refractivity contribution in [1.82, 2.24) is 0 Å². The zero-order valence-corrected chi connectivity index (χ0v) is 14.4. The second kappa shape index (κ2) is 10.3. The Balaban J connectivity index is 2.19. The molecule has 0 aliphatic heterocycles. The monoisotopic (exact) mass is 305 g/mol. The number of hydrogen-bond donors (Lipinski definition) is 2. The van der Waals surface area contributed by atoms with Crippen molar-refractivity contribution >= 4 is 11.6 Å². The van der Waals surface area contributed by atoms with Crippen molar-refractivity contribution in [3.8, 4) is 5.75 Å². The molecule has 0 saturated carbocycles. The average molecular weight is 305 g/mol. The lowest BCUT2D eigenvalue weighted by Crippen LogP contribution is -2.11. The zero-order valence-electron chi connectivity index (χ0n) is 14.4. The predicted octanol–water partition coefficient (Wildman–Crippen LogP) is 5.48. The van der Waals surface area contributed by atoms with Crippen LogP contribution in [0.3, 0.4) is 0 Å². The Hall–Kier alpha value is -1.51. The highest BCUT2D eigenvalue weighted by Crippen LogP contribution is 2.25. The number of phenolic OH excluding ortho intramolecular Hbond substituents is 1. The molecule has 0 saturated heterocycles. The Kier molecular flexibility index (Phi) is 8.64. The van der Waals surface area contributed by atoms with Gasteiger partial charge in [-0.2, -0.15) is 0 Å². The molecule has 0 aliphatic rings. The van der Waals surface area contributed by atoms with E-state index in [0.717, 1.165) is 29.7 Å². The highest BCUT2D eigenvalue weighted by molar-refractivity contribution is 5.91. The Morgan fingerprint density at radius 1 is 0.955 bits per heavy atom. The SMILES string of the molecule is CCCCCCCCCCC(=O)Nc1cc(C)c(O)c(C)c1. The fourth-order valence-electron chi connectivity index (χ4n) is 2.67. The van der Waals surface area contributed by atoms with Gasteiger partial charge in [0.25, 0.3) is 0 Å². The molecule has 1 rings (SSSR count). The summed E-state index contributed by atoms with van der Waals surface area (Å²) in [6, 6.07) is 3.63. The van der Waals surface area contributed by atoms with Gasteiger partial charge in [-0.25, -0.2) is 0 Å². The van der Waals surface area contributed by atoms with E-state index in [0.29, 0.717) is 12.2 Å². The molecule has 0 bridgehead atoms. The van der Waals surface area contributed by atoms with Gasteiger partial charge in [0.2, 0.25) is 5.91 Å². The van der Waals surface area contributed by atoms with E-state index in [4.69, 9.17) is 0 Å². The number of nitrogens with one attached hydrogen (secondary N) is 1. The molecule has 0 spiro atoms. The van der Waals surface area contributed by atoms with Crippen LogP contribution in [0.4, 0.5) is 5.69 Å². The lowest BCUT2D eigenvalue weighted by molar-refractivity contribution is -0.116. The number of anilines is 1. The molecule has 1 amide bonds. The standard InChI is InChI=1S/C19H31NO2/c1-4-5-6-7-8-9-10-11-12-18(21)20-17-13-15(2)19(22)16(3)14-17/h13-14,22H,4-12H2,1-3H3,(H,20,21). The van der Waals surface area contributed by atoms with Crippen LogP contribution >= 0.6 is 0 Å². The molecule has 0 atom stereocenters. The Labute approximate surface area is 135 Å². The molecule has 2 N–H and O–H groups in total. The molecule has 22 heavy (non-hydrogen) atoms. The number of hydrogen-bond acceptors (Lipinski definition) is 2. The largest absolute Gasteiger partial charge is 0.507 e. The van der Waals surface area contributed by atoms with Gasteiger partial charge in [0.05, 0.1) is 0 Å². The summed E-state index contributed by atoms with van der Waals surface area (Å²) < 4.78 is 0. The van der Waals surface area contributed by atoms with E-state index >= 15 is 0 Å². The minimum atomic E-state index is 0.0653. The van der Waals surface area contributed by atoms with Gasteiger partial charge in [-0.1, -0.05) is 51.9 Å². The summed E-state index contributed by atoms with van der Waals surface area (Å²) in [4.78, 5) is 11.9. The third-order valence-electron chi connectivity index (χ3n) is 4.03. The van der Waals surface area contributed by atoms with Gasteiger partial charge >= 0.3 is 0 Å². The summed E-state index contributed by atoms with van der Waals surface area (Å²) in [6.07, 6.45) is 10.5. The number of carbonyl (C=O) groups is 1. The van der Waals surface area contributed by atoms with Crippen LogP contribution in [0.25, 0.3) is 0 Å². The van der Waals surface area contributed by atoms with Crippen LogP contribution in [-0.2, 0) is 4.79 Å². The lowest BCUT2D eigenvalue weighted by atomic mass is 10.1. The third-order valence-corrected chi connectivity index (χ3v) is 4.03. The van der Waals surface area contributed by atoms with E-state index < -0.39 is 0 Å². The normalized spacial score (nSPS) is 10.7. The van der Waals surface area contributed by atoms with Crippen LogP contribution in [0.15, 0.2) is 12.1 Å². The van der Waals surface area contributed by atoms with Crippen molar-refractivity contribution in [3.63, 3.8) is 0 Å². The van der Waals surface area contributed by atoms with Crippen molar-refractivity contribution in [2.45, 2.75) is 78.6 Å². The fourth-order valence-corrected chi connectivity index (χ4v) is 2.67. The van der Waals surface area contributed by atoms with Crippen LogP contribution in [0.5, 0.6) is 5.75 Å². The van der Waals surface area contributed by atoms with Crippen LogP contribution in [-0.4, -0.2) is 11.0 Å². The number of carbonyl (C=O) groups excluding carboxylic acids is 1. The van der Waals surface area contributed by atoms with Crippen molar-refractivity contribution in [2.24, 2.45) is 0 Å². The van der Waals surface area contributed by atoms with Crippen LogP contribution < -0.4 is 5.32 Å². The summed E-state index contributed by atoms with van der Waals surface area (Å²) in [7, 11) is 0. The second-order valence-corrected chi connectivity index (χ2v) is 6.23. The second-order valence-electron chi connectivity index (χ2n) is 6.23. The number of phenols is 1. The van der Waals surface area contributed by atoms with E-state index in [1.54, 1.807) is 0 Å². The number of aromatic hydroxyl groups is 1. The fraction of sp³-hybridized carbons (Fsp3) is 0.632. The molecular formula is C19H31NO2. The predicted molar refractivity (Wildman–Crippen MR) is 93.4 cm³/mol. The number of benzene rings is 1. The maximum atomic E-state index is 11.9. The molecule has 3 heteroatoms. The van der Waals surface area contributed by atoms with E-state index in [2.05, 4.69) is 12.2 Å². The summed E-state index contributed by atoms with van der Waals surface area (Å²) in [5, 5.41) is 12.6. The quantitative estimate of drug-likeness (QED) is 0.444. The van der Waals surface area contributed by atoms with E-state index in [1.807, 2.05) is 26.0 Å².